The third-order valence-corrected chi connectivity index (χ3v) is 4.56. The predicted octanol–water partition coefficient (Wildman–Crippen LogP) is 4.48. The van der Waals surface area contributed by atoms with Crippen molar-refractivity contribution in [1.82, 2.24) is 0 Å². The van der Waals surface area contributed by atoms with Crippen molar-refractivity contribution in [3.63, 3.8) is 0 Å². The number of hydrogen-bond acceptors (Lipinski definition) is 5. The van der Waals surface area contributed by atoms with Crippen LogP contribution in [-0.2, 0) is 4.74 Å². The zero-order valence-corrected chi connectivity index (χ0v) is 15.8. The number of rotatable bonds is 6. The number of hydrogen-bond donors (Lipinski definition) is 0. The van der Waals surface area contributed by atoms with Gasteiger partial charge in [0.15, 0.2) is 0 Å². The van der Waals surface area contributed by atoms with Crippen LogP contribution in [0.25, 0.3) is 22.1 Å². The number of fused-ring (bicyclic) bond motifs is 1. The lowest BCUT2D eigenvalue weighted by Crippen LogP contribution is -2.21. The molecule has 27 heavy (non-hydrogen) atoms. The van der Waals surface area contributed by atoms with Gasteiger partial charge in [0.05, 0.1) is 6.61 Å². The summed E-state index contributed by atoms with van der Waals surface area (Å²) in [5, 5.41) is 0.682. The van der Waals surface area contributed by atoms with Crippen molar-refractivity contribution in [1.29, 1.82) is 0 Å². The Labute approximate surface area is 158 Å². The first-order valence-electron chi connectivity index (χ1n) is 9.17. The lowest BCUT2D eigenvalue weighted by molar-refractivity contribution is 0.0522. The standard InChI is InChI=1S/C22H23NO4/c1-4-23(5-2)18-11-9-15(10-12-18)16-7-8-17-13-19(21(24)26-6-3)22(25)27-20(17)14-16/h7-14H,4-6H2,1-3H3. The van der Waals surface area contributed by atoms with E-state index in [0.717, 1.165) is 24.2 Å². The molecule has 0 spiro atoms. The van der Waals surface area contributed by atoms with E-state index in [1.807, 2.05) is 18.2 Å². The van der Waals surface area contributed by atoms with E-state index in [0.29, 0.717) is 11.0 Å². The molecule has 0 aliphatic rings. The molecule has 0 saturated carbocycles. The summed E-state index contributed by atoms with van der Waals surface area (Å²) < 4.78 is 10.3. The molecular formula is C22H23NO4. The predicted molar refractivity (Wildman–Crippen MR) is 107 cm³/mol. The molecule has 0 amide bonds. The zero-order chi connectivity index (χ0) is 19.4. The lowest BCUT2D eigenvalue weighted by atomic mass is 10.0. The van der Waals surface area contributed by atoms with Gasteiger partial charge in [-0.2, -0.15) is 0 Å². The molecule has 0 unspecified atom stereocenters. The molecule has 0 saturated heterocycles. The Balaban J connectivity index is 1.96. The van der Waals surface area contributed by atoms with Crippen LogP contribution in [0.5, 0.6) is 0 Å². The second-order valence-electron chi connectivity index (χ2n) is 6.14. The van der Waals surface area contributed by atoms with Crippen LogP contribution in [-0.4, -0.2) is 25.7 Å². The summed E-state index contributed by atoms with van der Waals surface area (Å²) in [6.07, 6.45) is 0. The maximum Gasteiger partial charge on any atom is 0.351 e. The largest absolute Gasteiger partial charge is 0.462 e. The van der Waals surface area contributed by atoms with Gasteiger partial charge < -0.3 is 14.1 Å². The van der Waals surface area contributed by atoms with E-state index in [1.54, 1.807) is 6.92 Å². The van der Waals surface area contributed by atoms with Gasteiger partial charge in [-0.25, -0.2) is 9.59 Å². The Morgan fingerprint density at radius 1 is 0.963 bits per heavy atom. The molecule has 3 aromatic rings. The molecule has 1 aromatic heterocycles. The Kier molecular flexibility index (Phi) is 5.60. The Bertz CT molecular complexity index is 1000. The highest BCUT2D eigenvalue weighted by Crippen LogP contribution is 2.26. The molecular weight excluding hydrogens is 342 g/mol. The molecule has 5 nitrogen and oxygen atoms in total. The van der Waals surface area contributed by atoms with Crippen LogP contribution >= 0.6 is 0 Å². The molecule has 0 fully saturated rings. The summed E-state index contributed by atoms with van der Waals surface area (Å²) in [7, 11) is 0. The molecule has 5 heteroatoms. The van der Waals surface area contributed by atoms with Crippen molar-refractivity contribution in [2.45, 2.75) is 20.8 Å². The van der Waals surface area contributed by atoms with Crippen molar-refractivity contribution in [2.75, 3.05) is 24.6 Å². The van der Waals surface area contributed by atoms with E-state index in [1.165, 1.54) is 11.8 Å². The van der Waals surface area contributed by atoms with Gasteiger partial charge in [0.2, 0.25) is 0 Å². The number of anilines is 1. The van der Waals surface area contributed by atoms with Gasteiger partial charge in [-0.3, -0.25) is 0 Å². The third kappa shape index (κ3) is 3.87. The SMILES string of the molecule is CCOC(=O)c1cc2ccc(-c3ccc(N(CC)CC)cc3)cc2oc1=O. The van der Waals surface area contributed by atoms with Crippen LogP contribution in [0.15, 0.2) is 57.7 Å². The van der Waals surface area contributed by atoms with Gasteiger partial charge in [-0.15, -0.1) is 0 Å². The Morgan fingerprint density at radius 3 is 2.26 bits per heavy atom. The van der Waals surface area contributed by atoms with E-state index in [4.69, 9.17) is 9.15 Å². The van der Waals surface area contributed by atoms with Gasteiger partial charge in [0.1, 0.15) is 11.1 Å². The topological polar surface area (TPSA) is 59.8 Å². The van der Waals surface area contributed by atoms with Crippen molar-refractivity contribution < 1.29 is 13.9 Å². The highest BCUT2D eigenvalue weighted by atomic mass is 16.5. The van der Waals surface area contributed by atoms with Crippen LogP contribution in [0.3, 0.4) is 0 Å². The molecule has 0 N–H and O–H groups in total. The van der Waals surface area contributed by atoms with E-state index < -0.39 is 11.6 Å². The van der Waals surface area contributed by atoms with E-state index >= 15 is 0 Å². The average Bonchev–Trinajstić information content (AvgIpc) is 2.68. The van der Waals surface area contributed by atoms with Gasteiger partial charge in [0, 0.05) is 24.2 Å². The first-order chi connectivity index (χ1) is 13.1. The van der Waals surface area contributed by atoms with Gasteiger partial charge in [-0.1, -0.05) is 24.3 Å². The molecule has 0 aliphatic heterocycles. The minimum atomic E-state index is -0.685. The summed E-state index contributed by atoms with van der Waals surface area (Å²) in [6.45, 7) is 8.08. The fourth-order valence-corrected chi connectivity index (χ4v) is 3.10. The van der Waals surface area contributed by atoms with Crippen LogP contribution in [0.2, 0.25) is 0 Å². The van der Waals surface area contributed by atoms with Gasteiger partial charge in [0.25, 0.3) is 0 Å². The first kappa shape index (κ1) is 18.7. The third-order valence-electron chi connectivity index (χ3n) is 4.56. The molecule has 0 atom stereocenters. The monoisotopic (exact) mass is 365 g/mol. The summed E-state index contributed by atoms with van der Waals surface area (Å²) in [5.74, 6) is -0.663. The van der Waals surface area contributed by atoms with Crippen molar-refractivity contribution in [2.24, 2.45) is 0 Å². The number of nitrogens with zero attached hydrogens (tertiary/aromatic N) is 1. The molecule has 0 aliphatic carbocycles. The minimum Gasteiger partial charge on any atom is -0.462 e. The lowest BCUT2D eigenvalue weighted by Gasteiger charge is -2.21. The zero-order valence-electron chi connectivity index (χ0n) is 15.8. The van der Waals surface area contributed by atoms with Crippen molar-refractivity contribution >= 4 is 22.6 Å². The van der Waals surface area contributed by atoms with Gasteiger partial charge >= 0.3 is 11.6 Å². The second-order valence-corrected chi connectivity index (χ2v) is 6.14. The van der Waals surface area contributed by atoms with Crippen LogP contribution in [0.1, 0.15) is 31.1 Å². The molecule has 0 radical (unpaired) electrons. The fraction of sp³-hybridized carbons (Fsp3) is 0.273. The van der Waals surface area contributed by atoms with Crippen molar-refractivity contribution in [3.05, 3.63) is 64.5 Å². The summed E-state index contributed by atoms with van der Waals surface area (Å²) in [5.41, 5.74) is 2.83. The van der Waals surface area contributed by atoms with E-state index in [2.05, 4.69) is 43.0 Å². The quantitative estimate of drug-likeness (QED) is 0.476. The maximum absolute atomic E-state index is 12.1. The highest BCUT2D eigenvalue weighted by Gasteiger charge is 2.15. The van der Waals surface area contributed by atoms with Crippen LogP contribution in [0.4, 0.5) is 5.69 Å². The summed E-state index contributed by atoms with van der Waals surface area (Å²) in [4.78, 5) is 26.2. The maximum atomic E-state index is 12.1. The normalized spacial score (nSPS) is 10.8. The molecule has 1 heterocycles. The highest BCUT2D eigenvalue weighted by molar-refractivity contribution is 5.93. The Morgan fingerprint density at radius 2 is 1.63 bits per heavy atom. The number of esters is 1. The van der Waals surface area contributed by atoms with Crippen LogP contribution in [0, 0.1) is 0 Å². The molecule has 140 valence electrons. The van der Waals surface area contributed by atoms with E-state index in [9.17, 15) is 9.59 Å². The van der Waals surface area contributed by atoms with Crippen molar-refractivity contribution in [3.8, 4) is 11.1 Å². The number of carbonyl (C=O) groups is 1. The smallest absolute Gasteiger partial charge is 0.351 e. The molecule has 3 rings (SSSR count). The summed E-state index contributed by atoms with van der Waals surface area (Å²) >= 11 is 0. The molecule has 2 aromatic carbocycles. The second kappa shape index (κ2) is 8.08. The summed E-state index contributed by atoms with van der Waals surface area (Å²) in [6, 6.07) is 15.4. The molecule has 0 bridgehead atoms. The fourth-order valence-electron chi connectivity index (χ4n) is 3.10. The van der Waals surface area contributed by atoms with Gasteiger partial charge in [-0.05, 0) is 56.2 Å². The van der Waals surface area contributed by atoms with E-state index in [-0.39, 0.29) is 12.2 Å². The minimum absolute atomic E-state index is 0.0827. The number of benzene rings is 2. The number of ether oxygens (including phenoxy) is 1. The Hall–Kier alpha value is -3.08. The van der Waals surface area contributed by atoms with Crippen LogP contribution < -0.4 is 10.5 Å². The number of carbonyl (C=O) groups excluding carboxylic acids is 1. The first-order valence-corrected chi connectivity index (χ1v) is 9.17. The average molecular weight is 365 g/mol.